The molecule has 3 aromatic heterocycles. The lowest BCUT2D eigenvalue weighted by Crippen LogP contribution is -2.03. The summed E-state index contributed by atoms with van der Waals surface area (Å²) in [6.45, 7) is 0.522. The van der Waals surface area contributed by atoms with Crippen LogP contribution in [0.2, 0.25) is 0 Å². The van der Waals surface area contributed by atoms with Gasteiger partial charge in [-0.2, -0.15) is 0 Å². The predicted molar refractivity (Wildman–Crippen MR) is 122 cm³/mol. The van der Waals surface area contributed by atoms with Gasteiger partial charge in [0.15, 0.2) is 0 Å². The molecule has 0 radical (unpaired) electrons. The molecule has 0 atom stereocenters. The fourth-order valence-corrected chi connectivity index (χ4v) is 3.55. The van der Waals surface area contributed by atoms with Crippen molar-refractivity contribution in [3.8, 4) is 22.5 Å². The van der Waals surface area contributed by atoms with Crippen LogP contribution in [0.5, 0.6) is 0 Å². The van der Waals surface area contributed by atoms with Crippen LogP contribution in [-0.2, 0) is 6.54 Å². The summed E-state index contributed by atoms with van der Waals surface area (Å²) in [5, 5.41) is 5.16. The largest absolute Gasteiger partial charge is 0.365 e. The number of nitrogens with one attached hydrogen (secondary N) is 1. The van der Waals surface area contributed by atoms with Gasteiger partial charge < -0.3 is 5.32 Å². The van der Waals surface area contributed by atoms with Gasteiger partial charge in [0.05, 0.1) is 11.4 Å². The molecule has 3 heterocycles. The van der Waals surface area contributed by atoms with Crippen LogP contribution in [0.1, 0.15) is 5.56 Å². The SMILES string of the molecule is Fc1cccc(-c2ccc(CNc3nccc4cc(-c5cccc(F)c5)ncc34)cn2)c1. The van der Waals surface area contributed by atoms with E-state index in [2.05, 4.69) is 20.3 Å². The standard InChI is InChI=1S/C26H18F2N4/c27-21-5-1-3-19(11-21)24-8-7-17(14-30-24)15-32-26-23-16-31-25(13-18(23)9-10-29-26)20-4-2-6-22(28)12-20/h1-14,16H,15H2,(H,29,32). The molecule has 0 amide bonds. The van der Waals surface area contributed by atoms with Gasteiger partial charge in [0.2, 0.25) is 0 Å². The van der Waals surface area contributed by atoms with Gasteiger partial charge in [0.1, 0.15) is 17.5 Å². The molecule has 4 nitrogen and oxygen atoms in total. The second-order valence-electron chi connectivity index (χ2n) is 7.38. The molecule has 2 aromatic carbocycles. The molecule has 0 spiro atoms. The summed E-state index contributed by atoms with van der Waals surface area (Å²) in [7, 11) is 0. The lowest BCUT2D eigenvalue weighted by Gasteiger charge is -2.10. The maximum Gasteiger partial charge on any atom is 0.135 e. The minimum absolute atomic E-state index is 0.286. The molecule has 0 aliphatic rings. The number of hydrogen-bond donors (Lipinski definition) is 1. The minimum atomic E-state index is -0.293. The fourth-order valence-electron chi connectivity index (χ4n) is 3.55. The predicted octanol–water partition coefficient (Wildman–Crippen LogP) is 6.25. The van der Waals surface area contributed by atoms with Crippen LogP contribution < -0.4 is 5.32 Å². The van der Waals surface area contributed by atoms with Gasteiger partial charge in [-0.3, -0.25) is 9.97 Å². The molecule has 156 valence electrons. The Morgan fingerprint density at radius 2 is 1.41 bits per heavy atom. The van der Waals surface area contributed by atoms with Gasteiger partial charge in [0, 0.05) is 41.6 Å². The minimum Gasteiger partial charge on any atom is -0.365 e. The molecule has 5 aromatic rings. The van der Waals surface area contributed by atoms with Crippen molar-refractivity contribution < 1.29 is 8.78 Å². The van der Waals surface area contributed by atoms with E-state index in [0.717, 1.165) is 27.5 Å². The monoisotopic (exact) mass is 424 g/mol. The van der Waals surface area contributed by atoms with E-state index in [1.807, 2.05) is 36.4 Å². The van der Waals surface area contributed by atoms with Gasteiger partial charge >= 0.3 is 0 Å². The maximum atomic E-state index is 13.6. The van der Waals surface area contributed by atoms with Gasteiger partial charge in [-0.15, -0.1) is 0 Å². The quantitative estimate of drug-likeness (QED) is 0.362. The van der Waals surface area contributed by atoms with E-state index in [-0.39, 0.29) is 11.6 Å². The van der Waals surface area contributed by atoms with Gasteiger partial charge in [-0.1, -0.05) is 30.3 Å². The Hall–Kier alpha value is -4.19. The Balaban J connectivity index is 1.35. The zero-order chi connectivity index (χ0) is 21.9. The Kier molecular flexibility index (Phi) is 5.25. The van der Waals surface area contributed by atoms with Crippen LogP contribution in [0.15, 0.2) is 91.4 Å². The molecular formula is C26H18F2N4. The molecule has 0 aliphatic carbocycles. The number of anilines is 1. The van der Waals surface area contributed by atoms with E-state index in [9.17, 15) is 8.78 Å². The highest BCUT2D eigenvalue weighted by atomic mass is 19.1. The third-order valence-electron chi connectivity index (χ3n) is 5.17. The number of hydrogen-bond acceptors (Lipinski definition) is 4. The Morgan fingerprint density at radius 1 is 0.688 bits per heavy atom. The van der Waals surface area contributed by atoms with Crippen LogP contribution in [0.4, 0.5) is 14.6 Å². The topological polar surface area (TPSA) is 50.7 Å². The lowest BCUT2D eigenvalue weighted by molar-refractivity contribution is 0.628. The molecule has 5 rings (SSSR count). The fraction of sp³-hybridized carbons (Fsp3) is 0.0385. The third-order valence-corrected chi connectivity index (χ3v) is 5.17. The highest BCUT2D eigenvalue weighted by molar-refractivity contribution is 5.93. The Labute approximate surface area is 183 Å². The maximum absolute atomic E-state index is 13.6. The van der Waals surface area contributed by atoms with E-state index in [4.69, 9.17) is 0 Å². The van der Waals surface area contributed by atoms with Crippen LogP contribution in [0, 0.1) is 11.6 Å². The van der Waals surface area contributed by atoms with Crippen molar-refractivity contribution in [2.75, 3.05) is 5.32 Å². The summed E-state index contributed by atoms with van der Waals surface area (Å²) in [4.78, 5) is 13.4. The van der Waals surface area contributed by atoms with Crippen molar-refractivity contribution in [2.24, 2.45) is 0 Å². The molecular weight excluding hydrogens is 406 g/mol. The first-order valence-corrected chi connectivity index (χ1v) is 10.1. The summed E-state index contributed by atoms with van der Waals surface area (Å²) in [6.07, 6.45) is 5.24. The molecule has 0 aliphatic heterocycles. The number of rotatable bonds is 5. The summed E-state index contributed by atoms with van der Waals surface area (Å²) in [5.41, 5.74) is 3.84. The molecule has 0 fully saturated rings. The van der Waals surface area contributed by atoms with Crippen molar-refractivity contribution in [3.63, 3.8) is 0 Å². The molecule has 1 N–H and O–H groups in total. The molecule has 0 bridgehead atoms. The summed E-state index contributed by atoms with van der Waals surface area (Å²) >= 11 is 0. The van der Waals surface area contributed by atoms with Gasteiger partial charge in [-0.05, 0) is 53.4 Å². The van der Waals surface area contributed by atoms with Crippen molar-refractivity contribution in [1.29, 1.82) is 0 Å². The van der Waals surface area contributed by atoms with Crippen molar-refractivity contribution in [1.82, 2.24) is 15.0 Å². The normalized spacial score (nSPS) is 10.9. The highest BCUT2D eigenvalue weighted by Crippen LogP contribution is 2.26. The summed E-state index contributed by atoms with van der Waals surface area (Å²) in [5.74, 6) is 0.125. The zero-order valence-corrected chi connectivity index (χ0v) is 17.0. The van der Waals surface area contributed by atoms with E-state index in [1.165, 1.54) is 24.3 Å². The number of benzene rings is 2. The smallest absolute Gasteiger partial charge is 0.135 e. The number of aromatic nitrogens is 3. The van der Waals surface area contributed by atoms with Crippen LogP contribution in [0.3, 0.4) is 0 Å². The van der Waals surface area contributed by atoms with E-state index >= 15 is 0 Å². The number of halogens is 2. The second kappa shape index (κ2) is 8.51. The first-order chi connectivity index (χ1) is 15.7. The second-order valence-corrected chi connectivity index (χ2v) is 7.38. The lowest BCUT2D eigenvalue weighted by atomic mass is 10.1. The Morgan fingerprint density at radius 3 is 2.09 bits per heavy atom. The van der Waals surface area contributed by atoms with E-state index < -0.39 is 0 Å². The average molecular weight is 424 g/mol. The molecule has 6 heteroatoms. The molecule has 0 saturated heterocycles. The third kappa shape index (κ3) is 4.16. The number of pyridine rings is 3. The average Bonchev–Trinajstić information content (AvgIpc) is 2.82. The van der Waals surface area contributed by atoms with E-state index in [0.29, 0.717) is 23.8 Å². The number of fused-ring (bicyclic) bond motifs is 1. The summed E-state index contributed by atoms with van der Waals surface area (Å²) < 4.78 is 27.0. The first-order valence-electron chi connectivity index (χ1n) is 10.1. The van der Waals surface area contributed by atoms with Crippen LogP contribution >= 0.6 is 0 Å². The Bertz CT molecular complexity index is 1400. The molecule has 0 saturated carbocycles. The molecule has 32 heavy (non-hydrogen) atoms. The first kappa shape index (κ1) is 19.8. The van der Waals surface area contributed by atoms with Gasteiger partial charge in [-0.25, -0.2) is 13.8 Å². The molecule has 0 unspecified atom stereocenters. The highest BCUT2D eigenvalue weighted by Gasteiger charge is 2.07. The zero-order valence-electron chi connectivity index (χ0n) is 17.0. The van der Waals surface area contributed by atoms with E-state index in [1.54, 1.807) is 30.7 Å². The van der Waals surface area contributed by atoms with Crippen molar-refractivity contribution >= 4 is 16.6 Å². The van der Waals surface area contributed by atoms with Crippen LogP contribution in [-0.4, -0.2) is 15.0 Å². The van der Waals surface area contributed by atoms with Crippen molar-refractivity contribution in [3.05, 3.63) is 109 Å². The summed E-state index contributed by atoms with van der Waals surface area (Å²) in [6, 6.07) is 20.4. The number of nitrogens with zero attached hydrogens (tertiary/aromatic N) is 3. The van der Waals surface area contributed by atoms with Crippen molar-refractivity contribution in [2.45, 2.75) is 6.54 Å². The van der Waals surface area contributed by atoms with Crippen LogP contribution in [0.25, 0.3) is 33.3 Å². The van der Waals surface area contributed by atoms with Gasteiger partial charge in [0.25, 0.3) is 0 Å².